The van der Waals surface area contributed by atoms with Crippen LogP contribution in [0.3, 0.4) is 0 Å². The van der Waals surface area contributed by atoms with Crippen LogP contribution in [0.15, 0.2) is 23.8 Å². The molecule has 1 heteroatoms. The normalized spacial score (nSPS) is 11.3. The van der Waals surface area contributed by atoms with Gasteiger partial charge in [-0.2, -0.15) is 0 Å². The molecule has 0 amide bonds. The van der Waals surface area contributed by atoms with Gasteiger partial charge in [0.2, 0.25) is 0 Å². The van der Waals surface area contributed by atoms with E-state index in [2.05, 4.69) is 6.58 Å². The Labute approximate surface area is 68.8 Å². The van der Waals surface area contributed by atoms with E-state index in [4.69, 9.17) is 0 Å². The predicted octanol–water partition coefficient (Wildman–Crippen LogP) is 2.88. The van der Waals surface area contributed by atoms with E-state index in [1.165, 1.54) is 5.57 Å². The van der Waals surface area contributed by atoms with E-state index in [9.17, 15) is 4.79 Å². The Hall–Kier alpha value is -0.850. The van der Waals surface area contributed by atoms with Gasteiger partial charge < -0.3 is 0 Å². The highest BCUT2D eigenvalue weighted by atomic mass is 16.1. The molecule has 0 aromatic carbocycles. The summed E-state index contributed by atoms with van der Waals surface area (Å²) in [7, 11) is 0. The first-order valence-electron chi connectivity index (χ1n) is 3.92. The summed E-state index contributed by atoms with van der Waals surface area (Å²) < 4.78 is 0. The van der Waals surface area contributed by atoms with Crippen molar-refractivity contribution in [2.24, 2.45) is 0 Å². The third-order valence-corrected chi connectivity index (χ3v) is 1.53. The number of carbonyl (C=O) groups excluding carboxylic acids is 1. The third-order valence-electron chi connectivity index (χ3n) is 1.53. The van der Waals surface area contributed by atoms with Gasteiger partial charge in [-0.05, 0) is 39.2 Å². The Kier molecular flexibility index (Phi) is 5.44. The van der Waals surface area contributed by atoms with Crippen LogP contribution in [-0.2, 0) is 4.79 Å². The number of carbonyl (C=O) groups is 1. The van der Waals surface area contributed by atoms with Crippen molar-refractivity contribution in [1.29, 1.82) is 0 Å². The zero-order valence-electron chi connectivity index (χ0n) is 7.39. The number of aldehydes is 1. The fourth-order valence-corrected chi connectivity index (χ4v) is 0.868. The average Bonchev–Trinajstić information content (AvgIpc) is 1.87. The summed E-state index contributed by atoms with van der Waals surface area (Å²) in [5, 5.41) is 0. The summed E-state index contributed by atoms with van der Waals surface area (Å²) in [6.45, 7) is 7.81. The lowest BCUT2D eigenvalue weighted by Crippen LogP contribution is -1.80. The largest absolute Gasteiger partial charge is 0.299 e. The lowest BCUT2D eigenvalue weighted by molar-refractivity contribution is -0.104. The highest BCUT2D eigenvalue weighted by Crippen LogP contribution is 2.09. The van der Waals surface area contributed by atoms with Crippen LogP contribution in [0.5, 0.6) is 0 Å². The van der Waals surface area contributed by atoms with Gasteiger partial charge >= 0.3 is 0 Å². The van der Waals surface area contributed by atoms with Gasteiger partial charge in [-0.1, -0.05) is 11.1 Å². The van der Waals surface area contributed by atoms with Crippen molar-refractivity contribution >= 4 is 6.29 Å². The van der Waals surface area contributed by atoms with Crippen LogP contribution in [0.1, 0.15) is 33.1 Å². The van der Waals surface area contributed by atoms with Crippen molar-refractivity contribution in [3.63, 3.8) is 0 Å². The fourth-order valence-electron chi connectivity index (χ4n) is 0.868. The monoisotopic (exact) mass is 152 g/mol. The van der Waals surface area contributed by atoms with Gasteiger partial charge in [0.25, 0.3) is 0 Å². The zero-order valence-corrected chi connectivity index (χ0v) is 7.39. The van der Waals surface area contributed by atoms with Crippen LogP contribution in [0.25, 0.3) is 0 Å². The molecular formula is C10H16O. The van der Waals surface area contributed by atoms with Crippen LogP contribution in [0.4, 0.5) is 0 Å². The molecule has 0 spiro atoms. The van der Waals surface area contributed by atoms with Gasteiger partial charge in [-0.3, -0.25) is 4.79 Å². The number of hydrogen-bond donors (Lipinski definition) is 0. The molecule has 0 radical (unpaired) electrons. The van der Waals surface area contributed by atoms with E-state index < -0.39 is 0 Å². The van der Waals surface area contributed by atoms with Crippen molar-refractivity contribution in [3.05, 3.63) is 23.8 Å². The van der Waals surface area contributed by atoms with Crippen molar-refractivity contribution in [1.82, 2.24) is 0 Å². The van der Waals surface area contributed by atoms with Gasteiger partial charge in [0.05, 0.1) is 0 Å². The molecule has 0 aliphatic carbocycles. The predicted molar refractivity (Wildman–Crippen MR) is 48.5 cm³/mol. The Balaban J connectivity index is 3.46. The maximum Gasteiger partial charge on any atom is 0.142 e. The van der Waals surface area contributed by atoms with Crippen LogP contribution in [0, 0.1) is 0 Å². The minimum Gasteiger partial charge on any atom is -0.299 e. The number of allylic oxidation sites excluding steroid dienone is 3. The molecule has 0 aromatic rings. The van der Waals surface area contributed by atoms with Crippen molar-refractivity contribution in [2.75, 3.05) is 0 Å². The molecule has 0 atom stereocenters. The molecule has 0 rings (SSSR count). The van der Waals surface area contributed by atoms with E-state index in [1.807, 2.05) is 13.8 Å². The second kappa shape index (κ2) is 5.90. The molecule has 11 heavy (non-hydrogen) atoms. The second-order valence-electron chi connectivity index (χ2n) is 2.96. The van der Waals surface area contributed by atoms with Gasteiger partial charge in [0.15, 0.2) is 0 Å². The van der Waals surface area contributed by atoms with Crippen molar-refractivity contribution in [3.8, 4) is 0 Å². The van der Waals surface area contributed by atoms with E-state index in [0.29, 0.717) is 0 Å². The zero-order chi connectivity index (χ0) is 8.69. The van der Waals surface area contributed by atoms with Crippen LogP contribution in [-0.4, -0.2) is 6.29 Å². The quantitative estimate of drug-likeness (QED) is 0.336. The number of hydrogen-bond acceptors (Lipinski definition) is 1. The first kappa shape index (κ1) is 10.2. The van der Waals surface area contributed by atoms with Gasteiger partial charge in [0.1, 0.15) is 6.29 Å². The molecule has 0 aliphatic heterocycles. The maximum absolute atomic E-state index is 10.0. The first-order chi connectivity index (χ1) is 5.16. The molecular weight excluding hydrogens is 136 g/mol. The molecule has 0 saturated heterocycles. The van der Waals surface area contributed by atoms with E-state index in [1.54, 1.807) is 6.08 Å². The Bertz CT molecular complexity index is 166. The van der Waals surface area contributed by atoms with E-state index >= 15 is 0 Å². The van der Waals surface area contributed by atoms with Gasteiger partial charge in [-0.15, -0.1) is 6.58 Å². The molecule has 0 aliphatic rings. The summed E-state index contributed by atoms with van der Waals surface area (Å²) in [6.07, 6.45) is 5.63. The minimum absolute atomic E-state index is 0.843. The maximum atomic E-state index is 10.0. The van der Waals surface area contributed by atoms with Gasteiger partial charge in [-0.25, -0.2) is 0 Å². The average molecular weight is 152 g/mol. The second-order valence-corrected chi connectivity index (χ2v) is 2.96. The molecule has 0 fully saturated rings. The van der Waals surface area contributed by atoms with Gasteiger partial charge in [0, 0.05) is 0 Å². The Morgan fingerprint density at radius 3 is 2.45 bits per heavy atom. The highest BCUT2D eigenvalue weighted by Gasteiger charge is 1.90. The fraction of sp³-hybridized carbons (Fsp3) is 0.500. The molecule has 62 valence electrons. The van der Waals surface area contributed by atoms with Crippen LogP contribution >= 0.6 is 0 Å². The summed E-state index contributed by atoms with van der Waals surface area (Å²) >= 11 is 0. The third kappa shape index (κ3) is 7.04. The molecule has 0 aromatic heterocycles. The van der Waals surface area contributed by atoms with Crippen molar-refractivity contribution in [2.45, 2.75) is 33.1 Å². The summed E-state index contributed by atoms with van der Waals surface area (Å²) in [4.78, 5) is 10.0. The molecule has 0 heterocycles. The number of rotatable bonds is 5. The van der Waals surface area contributed by atoms with Crippen molar-refractivity contribution < 1.29 is 4.79 Å². The Morgan fingerprint density at radius 1 is 1.36 bits per heavy atom. The summed E-state index contributed by atoms with van der Waals surface area (Å²) in [5.41, 5.74) is 2.37. The summed E-state index contributed by atoms with van der Waals surface area (Å²) in [5.74, 6) is 0. The molecule has 1 nitrogen and oxygen atoms in total. The van der Waals surface area contributed by atoms with Crippen LogP contribution in [0.2, 0.25) is 0 Å². The smallest absolute Gasteiger partial charge is 0.142 e. The highest BCUT2D eigenvalue weighted by molar-refractivity contribution is 5.65. The standard InChI is InChI=1S/C10H16O/c1-9(2)5-4-6-10(3)7-8-11/h7-8H,1,4-6H2,2-3H3. The molecule has 0 unspecified atom stereocenters. The van der Waals surface area contributed by atoms with Crippen LogP contribution < -0.4 is 0 Å². The van der Waals surface area contributed by atoms with E-state index in [-0.39, 0.29) is 0 Å². The lowest BCUT2D eigenvalue weighted by Gasteiger charge is -1.98. The Morgan fingerprint density at radius 2 is 2.00 bits per heavy atom. The molecule has 0 N–H and O–H groups in total. The molecule has 0 bridgehead atoms. The van der Waals surface area contributed by atoms with E-state index in [0.717, 1.165) is 31.1 Å². The lowest BCUT2D eigenvalue weighted by atomic mass is 10.1. The topological polar surface area (TPSA) is 17.1 Å². The summed E-state index contributed by atoms with van der Waals surface area (Å²) in [6, 6.07) is 0. The molecule has 0 saturated carbocycles. The SMILES string of the molecule is C=C(C)CCCC(C)=CC=O. The minimum atomic E-state index is 0.843. The first-order valence-corrected chi connectivity index (χ1v) is 3.92.